The number of nitrogens with zero attached hydrogens (tertiary/aromatic N) is 1. The number of hydrogen-bond acceptors (Lipinski definition) is 5. The first kappa shape index (κ1) is 14.7. The molecular weight excluding hydrogens is 233 g/mol. The summed E-state index contributed by atoms with van der Waals surface area (Å²) in [6, 6.07) is 2.83. The molecule has 1 saturated carbocycles. The topological polar surface area (TPSA) is 106 Å². The molecule has 2 heterocycles. The summed E-state index contributed by atoms with van der Waals surface area (Å²) in [6.45, 7) is 0.328. The molecule has 3 rings (SSSR count). The third kappa shape index (κ3) is 2.03. The van der Waals surface area contributed by atoms with Crippen molar-refractivity contribution in [2.45, 2.75) is 18.3 Å². The zero-order chi connectivity index (χ0) is 11.3. The van der Waals surface area contributed by atoms with Crippen LogP contribution in [0, 0.1) is 0 Å². The zero-order valence-corrected chi connectivity index (χ0v) is 9.84. The van der Waals surface area contributed by atoms with Crippen LogP contribution < -0.4 is 18.9 Å². The summed E-state index contributed by atoms with van der Waals surface area (Å²) in [6.07, 6.45) is 1.81. The minimum absolute atomic E-state index is 0. The fraction of sp³-hybridized carbons (Fsp3) is 0.364. The van der Waals surface area contributed by atoms with Gasteiger partial charge in [-0.1, -0.05) is 0 Å². The van der Waals surface area contributed by atoms with Crippen LogP contribution in [-0.4, -0.2) is 34.1 Å². The normalized spacial score (nSPS) is 17.9. The molecule has 0 radical (unpaired) electrons. The van der Waals surface area contributed by atoms with Crippen molar-refractivity contribution in [3.05, 3.63) is 29.1 Å². The fourth-order valence-electron chi connectivity index (χ4n) is 2.03. The van der Waals surface area contributed by atoms with E-state index in [-0.39, 0.29) is 35.4 Å². The van der Waals surface area contributed by atoms with E-state index in [9.17, 15) is 9.59 Å². The van der Waals surface area contributed by atoms with Gasteiger partial charge in [-0.2, -0.15) is 0 Å². The van der Waals surface area contributed by atoms with Crippen molar-refractivity contribution in [3.63, 3.8) is 0 Å². The maximum atomic E-state index is 11.5. The minimum Gasteiger partial charge on any atom is -0.870 e. The van der Waals surface area contributed by atoms with Gasteiger partial charge in [-0.25, -0.2) is 14.6 Å². The van der Waals surface area contributed by atoms with Crippen molar-refractivity contribution in [3.8, 4) is 0 Å². The molecule has 0 amide bonds. The Balaban J connectivity index is 0.000000810. The Labute approximate surface area is 115 Å². The van der Waals surface area contributed by atoms with E-state index >= 15 is 0 Å². The number of cyclic esters (lactones) is 1. The summed E-state index contributed by atoms with van der Waals surface area (Å²) in [4.78, 5) is 26.4. The zero-order valence-electron chi connectivity index (χ0n) is 9.84. The molecule has 1 fully saturated rings. The smallest absolute Gasteiger partial charge is 0.870 e. The van der Waals surface area contributed by atoms with Crippen LogP contribution in [0.25, 0.3) is 0 Å². The van der Waals surface area contributed by atoms with Crippen LogP contribution in [0.3, 0.4) is 0 Å². The average molecular weight is 243 g/mol. The van der Waals surface area contributed by atoms with Gasteiger partial charge in [0, 0.05) is 5.41 Å². The Morgan fingerprint density at radius 2 is 2.06 bits per heavy atom. The summed E-state index contributed by atoms with van der Waals surface area (Å²) in [5.74, 6) is -1.48. The van der Waals surface area contributed by atoms with E-state index in [4.69, 9.17) is 9.84 Å². The Morgan fingerprint density at radius 1 is 1.39 bits per heavy atom. The second-order valence-corrected chi connectivity index (χ2v) is 4.25. The van der Waals surface area contributed by atoms with E-state index in [0.717, 1.165) is 12.8 Å². The molecule has 0 saturated heterocycles. The summed E-state index contributed by atoms with van der Waals surface area (Å²) >= 11 is 0. The van der Waals surface area contributed by atoms with Crippen LogP contribution in [0.15, 0.2) is 12.1 Å². The minimum atomic E-state index is -1.07. The number of carbonyl (C=O) groups is 2. The molecule has 7 heteroatoms. The van der Waals surface area contributed by atoms with Crippen LogP contribution in [-0.2, 0) is 10.2 Å². The van der Waals surface area contributed by atoms with Crippen LogP contribution in [0.2, 0.25) is 0 Å². The van der Waals surface area contributed by atoms with Crippen molar-refractivity contribution in [2.24, 2.45) is 0 Å². The number of esters is 1. The number of aromatic nitrogens is 1. The molecule has 6 nitrogen and oxygen atoms in total. The average Bonchev–Trinajstić information content (AvgIpc) is 3.05. The van der Waals surface area contributed by atoms with E-state index in [1.165, 1.54) is 12.1 Å². The number of carbonyl (C=O) groups excluding carboxylic acids is 1. The maximum absolute atomic E-state index is 11.5. The number of hydrogen-bond donors (Lipinski definition) is 1. The van der Waals surface area contributed by atoms with Crippen LogP contribution in [0.5, 0.6) is 0 Å². The van der Waals surface area contributed by atoms with Gasteiger partial charge in [0.2, 0.25) is 0 Å². The fourth-order valence-corrected chi connectivity index (χ4v) is 2.03. The number of ether oxygens (including phenoxy) is 1. The molecule has 90 valence electrons. The van der Waals surface area contributed by atoms with Gasteiger partial charge in [-0.3, -0.25) is 0 Å². The van der Waals surface area contributed by atoms with E-state index in [1.54, 1.807) is 0 Å². The predicted octanol–water partition coefficient (Wildman–Crippen LogP) is -2.19. The molecule has 18 heavy (non-hydrogen) atoms. The Bertz CT molecular complexity index is 512. The molecule has 2 aliphatic rings. The van der Waals surface area contributed by atoms with Crippen LogP contribution in [0.1, 0.15) is 39.4 Å². The number of carboxylic acids is 1. The Kier molecular flexibility index (Phi) is 3.86. The maximum Gasteiger partial charge on any atom is 1.00 e. The molecule has 0 aromatic carbocycles. The first-order valence-electron chi connectivity index (χ1n) is 5.04. The summed E-state index contributed by atoms with van der Waals surface area (Å²) in [5, 5.41) is 8.86. The molecule has 0 atom stereocenters. The Morgan fingerprint density at radius 3 is 2.61 bits per heavy atom. The second kappa shape index (κ2) is 4.73. The van der Waals surface area contributed by atoms with Gasteiger partial charge in [0.25, 0.3) is 0 Å². The molecule has 1 spiro atoms. The molecule has 1 aromatic heterocycles. The molecular formula is C11H10LiNO5. The van der Waals surface area contributed by atoms with Crippen molar-refractivity contribution < 1.29 is 43.8 Å². The van der Waals surface area contributed by atoms with Gasteiger partial charge < -0.3 is 15.3 Å². The monoisotopic (exact) mass is 243 g/mol. The molecule has 0 bridgehead atoms. The Hall–Kier alpha value is -1.35. The van der Waals surface area contributed by atoms with E-state index in [0.29, 0.717) is 17.9 Å². The van der Waals surface area contributed by atoms with E-state index < -0.39 is 11.9 Å². The number of carboxylic acid groups (broad SMARTS) is 1. The van der Waals surface area contributed by atoms with Crippen molar-refractivity contribution >= 4 is 11.9 Å². The largest absolute Gasteiger partial charge is 1.00 e. The number of fused-ring (bicyclic) bond motifs is 2. The standard InChI is InChI=1S/C11H9NO4.Li.H2O/c13-9(14)7-2-1-6-8(12-7)11(3-4-11)5-16-10(6)15;;/h1-2H,3-5H2,(H,13,14);;1H2/q;+1;/p-1. The van der Waals surface area contributed by atoms with Gasteiger partial charge in [0.05, 0.1) is 11.3 Å². The first-order valence-corrected chi connectivity index (χ1v) is 5.04. The summed E-state index contributed by atoms with van der Waals surface area (Å²) < 4.78 is 5.06. The third-order valence-corrected chi connectivity index (χ3v) is 3.17. The first-order chi connectivity index (χ1) is 7.62. The van der Waals surface area contributed by atoms with E-state index in [2.05, 4.69) is 4.98 Å². The number of aromatic carboxylic acids is 1. The van der Waals surface area contributed by atoms with Gasteiger partial charge in [-0.15, -0.1) is 0 Å². The third-order valence-electron chi connectivity index (χ3n) is 3.17. The molecule has 0 unspecified atom stereocenters. The van der Waals surface area contributed by atoms with Crippen molar-refractivity contribution in [2.75, 3.05) is 6.61 Å². The van der Waals surface area contributed by atoms with E-state index in [1.807, 2.05) is 0 Å². The predicted molar refractivity (Wildman–Crippen MR) is 54.3 cm³/mol. The van der Waals surface area contributed by atoms with Gasteiger partial charge in [0.15, 0.2) is 0 Å². The van der Waals surface area contributed by atoms with Crippen molar-refractivity contribution in [1.82, 2.24) is 4.98 Å². The summed E-state index contributed by atoms with van der Waals surface area (Å²) in [5.41, 5.74) is 0.798. The summed E-state index contributed by atoms with van der Waals surface area (Å²) in [7, 11) is 0. The second-order valence-electron chi connectivity index (χ2n) is 4.25. The number of pyridine rings is 1. The quantitative estimate of drug-likeness (QED) is 0.443. The van der Waals surface area contributed by atoms with Gasteiger partial charge in [-0.05, 0) is 25.0 Å². The molecule has 1 aromatic rings. The molecule has 1 aliphatic heterocycles. The SMILES string of the molecule is O=C(O)c1ccc2c(n1)C1(CC1)COC2=O.[Li+].[OH-]. The molecule has 2 N–H and O–H groups in total. The van der Waals surface area contributed by atoms with Gasteiger partial charge in [0.1, 0.15) is 12.3 Å². The van der Waals surface area contributed by atoms with Crippen LogP contribution >= 0.6 is 0 Å². The van der Waals surface area contributed by atoms with Crippen molar-refractivity contribution in [1.29, 1.82) is 0 Å². The van der Waals surface area contributed by atoms with Crippen LogP contribution in [0.4, 0.5) is 0 Å². The molecule has 1 aliphatic carbocycles. The van der Waals surface area contributed by atoms with Gasteiger partial charge >= 0.3 is 30.8 Å². The number of rotatable bonds is 1.